The highest BCUT2D eigenvalue weighted by atomic mass is 35.5. The molecule has 43 heavy (non-hydrogen) atoms. The van der Waals surface area contributed by atoms with E-state index in [-0.39, 0.29) is 36.6 Å². The van der Waals surface area contributed by atoms with Gasteiger partial charge in [0.25, 0.3) is 11.8 Å². The molecule has 2 amide bonds. The van der Waals surface area contributed by atoms with E-state index >= 15 is 0 Å². The second-order valence-corrected chi connectivity index (χ2v) is 11.4. The summed E-state index contributed by atoms with van der Waals surface area (Å²) in [4.78, 5) is 33.4. The van der Waals surface area contributed by atoms with Crippen LogP contribution in [0.15, 0.2) is 47.6 Å². The number of methoxy groups -OCH3 is 2. The number of anilines is 1. The number of rotatable bonds is 8. The van der Waals surface area contributed by atoms with E-state index in [1.165, 1.54) is 5.01 Å². The molecular formula is C31H43Cl2N5O5. The normalized spacial score (nSPS) is 19.2. The largest absolute Gasteiger partial charge is 0.493 e. The highest BCUT2D eigenvalue weighted by Crippen LogP contribution is 2.36. The number of nitrogens with zero attached hydrogens (tertiary/aromatic N) is 5. The second kappa shape index (κ2) is 15.2. The molecule has 0 atom stereocenters. The molecule has 2 aromatic rings. The van der Waals surface area contributed by atoms with Crippen LogP contribution in [-0.2, 0) is 9.53 Å². The molecule has 0 aromatic heterocycles. The zero-order chi connectivity index (χ0) is 29.0. The maximum Gasteiger partial charge on any atom is 0.253 e. The van der Waals surface area contributed by atoms with Crippen LogP contribution < -0.4 is 14.5 Å². The minimum absolute atomic E-state index is 0. The summed E-state index contributed by atoms with van der Waals surface area (Å²) < 4.78 is 16.3. The molecular weight excluding hydrogens is 593 g/mol. The number of amides is 2. The Morgan fingerprint density at radius 2 is 1.47 bits per heavy atom. The monoisotopic (exact) mass is 635 g/mol. The van der Waals surface area contributed by atoms with E-state index in [2.05, 4.69) is 9.80 Å². The number of piperazine rings is 1. The lowest BCUT2D eigenvalue weighted by Gasteiger charge is -2.36. The van der Waals surface area contributed by atoms with Crippen molar-refractivity contribution in [2.45, 2.75) is 20.3 Å². The van der Waals surface area contributed by atoms with Gasteiger partial charge >= 0.3 is 0 Å². The van der Waals surface area contributed by atoms with Crippen molar-refractivity contribution in [1.29, 1.82) is 0 Å². The lowest BCUT2D eigenvalue weighted by atomic mass is 9.82. The first-order valence-corrected chi connectivity index (χ1v) is 14.4. The van der Waals surface area contributed by atoms with Gasteiger partial charge in [-0.3, -0.25) is 19.4 Å². The first kappa shape index (κ1) is 34.6. The van der Waals surface area contributed by atoms with E-state index in [0.717, 1.165) is 63.8 Å². The maximum absolute atomic E-state index is 13.4. The molecule has 0 saturated carbocycles. The molecule has 2 aromatic carbocycles. The van der Waals surface area contributed by atoms with Crippen LogP contribution in [0.1, 0.15) is 36.2 Å². The van der Waals surface area contributed by atoms with Gasteiger partial charge in [0.1, 0.15) is 0 Å². The Labute approximate surface area is 266 Å². The third-order valence-corrected chi connectivity index (χ3v) is 8.17. The Hall–Kier alpha value is -2.89. The molecule has 0 N–H and O–H groups in total. The molecule has 3 aliphatic heterocycles. The molecule has 236 valence electrons. The van der Waals surface area contributed by atoms with Gasteiger partial charge in [-0.05, 0) is 42.5 Å². The van der Waals surface area contributed by atoms with Crippen LogP contribution in [0.25, 0.3) is 0 Å². The Morgan fingerprint density at radius 1 is 0.860 bits per heavy atom. The van der Waals surface area contributed by atoms with Gasteiger partial charge in [0.2, 0.25) is 0 Å². The predicted molar refractivity (Wildman–Crippen MR) is 173 cm³/mol. The van der Waals surface area contributed by atoms with Crippen molar-refractivity contribution in [3.63, 3.8) is 0 Å². The summed E-state index contributed by atoms with van der Waals surface area (Å²) in [5.74, 6) is 1.17. The van der Waals surface area contributed by atoms with E-state index < -0.39 is 5.41 Å². The first-order valence-electron chi connectivity index (χ1n) is 14.4. The minimum atomic E-state index is -0.653. The first-order chi connectivity index (χ1) is 19.8. The molecule has 10 nitrogen and oxygen atoms in total. The van der Waals surface area contributed by atoms with Crippen molar-refractivity contribution < 1.29 is 23.8 Å². The van der Waals surface area contributed by atoms with Crippen LogP contribution in [0.2, 0.25) is 0 Å². The maximum atomic E-state index is 13.4. The van der Waals surface area contributed by atoms with Crippen molar-refractivity contribution in [3.05, 3.63) is 53.6 Å². The Bertz CT molecular complexity index is 1280. The Morgan fingerprint density at radius 3 is 2.07 bits per heavy atom. The van der Waals surface area contributed by atoms with Crippen molar-refractivity contribution in [2.24, 2.45) is 10.5 Å². The Kier molecular flexibility index (Phi) is 12.2. The third-order valence-electron chi connectivity index (χ3n) is 8.17. The van der Waals surface area contributed by atoms with Gasteiger partial charge in [-0.1, -0.05) is 13.8 Å². The smallest absolute Gasteiger partial charge is 0.253 e. The van der Waals surface area contributed by atoms with Crippen LogP contribution in [0.3, 0.4) is 0 Å². The molecule has 0 aliphatic carbocycles. The zero-order valence-corrected chi connectivity index (χ0v) is 27.0. The highest BCUT2D eigenvalue weighted by Gasteiger charge is 2.39. The van der Waals surface area contributed by atoms with Crippen LogP contribution in [0, 0.1) is 5.41 Å². The third kappa shape index (κ3) is 7.99. The van der Waals surface area contributed by atoms with Gasteiger partial charge in [0.15, 0.2) is 11.5 Å². The summed E-state index contributed by atoms with van der Waals surface area (Å²) in [6, 6.07) is 12.8. The molecule has 2 fully saturated rings. The van der Waals surface area contributed by atoms with Gasteiger partial charge in [0.05, 0.1) is 44.2 Å². The molecule has 5 rings (SSSR count). The molecule has 0 bridgehead atoms. The van der Waals surface area contributed by atoms with E-state index in [4.69, 9.17) is 19.3 Å². The number of morpholine rings is 1. The highest BCUT2D eigenvalue weighted by molar-refractivity contribution is 6.11. The van der Waals surface area contributed by atoms with Crippen molar-refractivity contribution >= 4 is 48.0 Å². The topological polar surface area (TPSA) is 87.2 Å². The van der Waals surface area contributed by atoms with Crippen molar-refractivity contribution in [2.75, 3.05) is 84.8 Å². The second-order valence-electron chi connectivity index (χ2n) is 11.4. The average Bonchev–Trinajstić information content (AvgIpc) is 3.01. The molecule has 12 heteroatoms. The summed E-state index contributed by atoms with van der Waals surface area (Å²) in [6.07, 6.45) is 0.493. The number of ether oxygens (including phenoxy) is 3. The zero-order valence-electron chi connectivity index (χ0n) is 25.4. The summed E-state index contributed by atoms with van der Waals surface area (Å²) in [7, 11) is 3.20. The molecule has 0 radical (unpaired) electrons. The molecule has 2 saturated heterocycles. The molecule has 3 aliphatic rings. The lowest BCUT2D eigenvalue weighted by molar-refractivity contribution is -0.126. The van der Waals surface area contributed by atoms with Gasteiger partial charge in [-0.15, -0.1) is 24.8 Å². The van der Waals surface area contributed by atoms with Crippen LogP contribution in [0.5, 0.6) is 11.5 Å². The quantitative estimate of drug-likeness (QED) is 0.436. The van der Waals surface area contributed by atoms with E-state index in [0.29, 0.717) is 42.3 Å². The minimum Gasteiger partial charge on any atom is -0.493 e. The average molecular weight is 637 g/mol. The van der Waals surface area contributed by atoms with E-state index in [9.17, 15) is 9.59 Å². The number of halogens is 2. The number of carbonyl (C=O) groups is 2. The fourth-order valence-electron chi connectivity index (χ4n) is 5.54. The Balaban J connectivity index is 0.00000253. The number of carbonyl (C=O) groups excluding carboxylic acids is 2. The molecule has 3 heterocycles. The SMILES string of the molecule is COc1ccc(C2=NN(c3ccc(C(=O)N4CCN(CCN5CCOCC5)CC4)cc3)C(=O)C(C)(C)C2)cc1OC.Cl.Cl. The number of hydrogen-bond donors (Lipinski definition) is 0. The van der Waals surface area contributed by atoms with E-state index in [1.54, 1.807) is 38.5 Å². The van der Waals surface area contributed by atoms with Gasteiger partial charge in [-0.2, -0.15) is 5.10 Å². The number of hydrogen-bond acceptors (Lipinski definition) is 8. The summed E-state index contributed by atoms with van der Waals surface area (Å²) in [6.45, 7) is 12.7. The van der Waals surface area contributed by atoms with Gasteiger partial charge in [0, 0.05) is 69.9 Å². The van der Waals surface area contributed by atoms with Crippen LogP contribution >= 0.6 is 24.8 Å². The fourth-order valence-corrected chi connectivity index (χ4v) is 5.54. The molecule has 0 spiro atoms. The summed E-state index contributed by atoms with van der Waals surface area (Å²) in [5, 5.41) is 6.20. The molecule has 0 unspecified atom stereocenters. The summed E-state index contributed by atoms with van der Waals surface area (Å²) >= 11 is 0. The predicted octanol–water partition coefficient (Wildman–Crippen LogP) is 3.80. The van der Waals surface area contributed by atoms with Crippen molar-refractivity contribution in [3.8, 4) is 11.5 Å². The number of benzene rings is 2. The fraction of sp³-hybridized carbons (Fsp3) is 0.516. The number of hydrazone groups is 1. The van der Waals surface area contributed by atoms with Crippen molar-refractivity contribution in [1.82, 2.24) is 14.7 Å². The van der Waals surface area contributed by atoms with Crippen LogP contribution in [-0.4, -0.2) is 112 Å². The summed E-state index contributed by atoms with van der Waals surface area (Å²) in [5.41, 5.74) is 2.24. The van der Waals surface area contributed by atoms with Crippen LogP contribution in [0.4, 0.5) is 5.69 Å². The van der Waals surface area contributed by atoms with Gasteiger partial charge in [-0.25, -0.2) is 5.01 Å². The lowest BCUT2D eigenvalue weighted by Crippen LogP contribution is -2.51. The standard InChI is InChI=1S/C31H41N5O5.2ClH/c1-31(2)22-26(24-7-10-27(39-3)28(21-24)40-4)32-36(30(31)38)25-8-5-23(6-9-25)29(37)35-15-13-33(14-16-35)11-12-34-17-19-41-20-18-34;;/h5-10,21H,11-20,22H2,1-4H3;2*1H. The van der Waals surface area contributed by atoms with E-state index in [1.807, 2.05) is 36.9 Å². The van der Waals surface area contributed by atoms with Gasteiger partial charge < -0.3 is 19.1 Å².